The van der Waals surface area contributed by atoms with Crippen LogP contribution in [0.5, 0.6) is 0 Å². The molecule has 3 rings (SSSR count). The van der Waals surface area contributed by atoms with Gasteiger partial charge in [-0.05, 0) is 31.9 Å². The second kappa shape index (κ2) is 5.68. The van der Waals surface area contributed by atoms with E-state index in [-0.39, 0.29) is 23.7 Å². The number of nitrogens with one attached hydrogen (secondary N) is 1. The van der Waals surface area contributed by atoms with Gasteiger partial charge >= 0.3 is 0 Å². The molecule has 1 aromatic heterocycles. The van der Waals surface area contributed by atoms with Gasteiger partial charge in [-0.15, -0.1) is 11.3 Å². The minimum atomic E-state index is -0.312. The Morgan fingerprint density at radius 1 is 1.48 bits per heavy atom. The van der Waals surface area contributed by atoms with Crippen LogP contribution in [0.3, 0.4) is 0 Å². The molecule has 2 unspecified atom stereocenters. The SMILES string of the molecule is COCC(CN1C(=O)C2(CC2)NC1c1ccc(C)s1)OC. The van der Waals surface area contributed by atoms with Crippen LogP contribution in [-0.2, 0) is 14.3 Å². The van der Waals surface area contributed by atoms with Crippen molar-refractivity contribution in [1.29, 1.82) is 0 Å². The van der Waals surface area contributed by atoms with E-state index in [2.05, 4.69) is 24.4 Å². The lowest BCUT2D eigenvalue weighted by molar-refractivity contribution is -0.133. The number of amides is 1. The molecule has 1 aliphatic carbocycles. The minimum absolute atomic E-state index is 0.0341. The zero-order chi connectivity index (χ0) is 15.0. The van der Waals surface area contributed by atoms with E-state index in [1.807, 2.05) is 4.90 Å². The van der Waals surface area contributed by atoms with Crippen molar-refractivity contribution in [3.63, 3.8) is 0 Å². The molecular weight excluding hydrogens is 288 g/mol. The summed E-state index contributed by atoms with van der Waals surface area (Å²) in [5.74, 6) is 0.205. The van der Waals surface area contributed by atoms with Crippen molar-refractivity contribution in [1.82, 2.24) is 10.2 Å². The molecule has 1 aromatic rings. The third-order valence-electron chi connectivity index (χ3n) is 4.26. The van der Waals surface area contributed by atoms with Crippen molar-refractivity contribution in [3.8, 4) is 0 Å². The molecule has 1 saturated carbocycles. The molecule has 21 heavy (non-hydrogen) atoms. The summed E-state index contributed by atoms with van der Waals surface area (Å²) in [5, 5.41) is 3.53. The maximum absolute atomic E-state index is 12.7. The molecule has 1 aliphatic heterocycles. The van der Waals surface area contributed by atoms with Gasteiger partial charge in [0.15, 0.2) is 0 Å². The van der Waals surface area contributed by atoms with Crippen molar-refractivity contribution in [2.45, 2.75) is 37.6 Å². The number of ether oxygens (including phenoxy) is 2. The highest BCUT2D eigenvalue weighted by Crippen LogP contribution is 2.46. The summed E-state index contributed by atoms with van der Waals surface area (Å²) in [5.41, 5.74) is -0.312. The highest BCUT2D eigenvalue weighted by atomic mass is 32.1. The summed E-state index contributed by atoms with van der Waals surface area (Å²) in [6, 6.07) is 4.21. The van der Waals surface area contributed by atoms with Gasteiger partial charge in [-0.2, -0.15) is 0 Å². The largest absolute Gasteiger partial charge is 0.382 e. The maximum Gasteiger partial charge on any atom is 0.244 e. The van der Waals surface area contributed by atoms with E-state index in [0.29, 0.717) is 13.2 Å². The molecule has 2 aliphatic rings. The van der Waals surface area contributed by atoms with Crippen molar-refractivity contribution in [3.05, 3.63) is 21.9 Å². The molecular formula is C15H22N2O3S. The monoisotopic (exact) mass is 310 g/mol. The van der Waals surface area contributed by atoms with Crippen LogP contribution in [-0.4, -0.2) is 49.8 Å². The van der Waals surface area contributed by atoms with Crippen LogP contribution < -0.4 is 5.32 Å². The first-order chi connectivity index (χ1) is 10.1. The number of thiophene rings is 1. The fraction of sp³-hybridized carbons (Fsp3) is 0.667. The molecule has 6 heteroatoms. The Kier molecular flexibility index (Phi) is 4.05. The summed E-state index contributed by atoms with van der Waals surface area (Å²) in [6.45, 7) is 3.13. The van der Waals surface area contributed by atoms with Crippen LogP contribution in [0.4, 0.5) is 0 Å². The van der Waals surface area contributed by atoms with E-state index < -0.39 is 0 Å². The minimum Gasteiger partial charge on any atom is -0.382 e. The summed E-state index contributed by atoms with van der Waals surface area (Å²) in [7, 11) is 3.31. The van der Waals surface area contributed by atoms with Crippen molar-refractivity contribution in [2.24, 2.45) is 0 Å². The van der Waals surface area contributed by atoms with E-state index in [0.717, 1.165) is 12.8 Å². The predicted octanol–water partition coefficient (Wildman–Crippen LogP) is 1.68. The van der Waals surface area contributed by atoms with Crippen molar-refractivity contribution < 1.29 is 14.3 Å². The van der Waals surface area contributed by atoms with Gasteiger partial charge in [0.05, 0.1) is 19.3 Å². The van der Waals surface area contributed by atoms with Crippen LogP contribution in [0.2, 0.25) is 0 Å². The van der Waals surface area contributed by atoms with E-state index in [4.69, 9.17) is 9.47 Å². The quantitative estimate of drug-likeness (QED) is 0.868. The third-order valence-corrected chi connectivity index (χ3v) is 5.31. The van der Waals surface area contributed by atoms with Gasteiger partial charge in [0.25, 0.3) is 0 Å². The Balaban J connectivity index is 1.81. The third kappa shape index (κ3) is 2.73. The van der Waals surface area contributed by atoms with Crippen LogP contribution in [0.25, 0.3) is 0 Å². The van der Waals surface area contributed by atoms with Gasteiger partial charge < -0.3 is 14.4 Å². The predicted molar refractivity (Wildman–Crippen MR) is 81.3 cm³/mol. The van der Waals surface area contributed by atoms with Gasteiger partial charge in [-0.3, -0.25) is 10.1 Å². The summed E-state index contributed by atoms with van der Waals surface area (Å²) < 4.78 is 10.6. The number of carbonyl (C=O) groups excluding carboxylic acids is 1. The highest BCUT2D eigenvalue weighted by molar-refractivity contribution is 7.12. The Labute approximate surface area is 129 Å². The molecule has 2 heterocycles. The van der Waals surface area contributed by atoms with Gasteiger partial charge in [-0.25, -0.2) is 0 Å². The smallest absolute Gasteiger partial charge is 0.244 e. The van der Waals surface area contributed by atoms with E-state index in [9.17, 15) is 4.79 Å². The number of hydrogen-bond donors (Lipinski definition) is 1. The average Bonchev–Trinajstić information content (AvgIpc) is 3.06. The number of carbonyl (C=O) groups is 1. The van der Waals surface area contributed by atoms with E-state index >= 15 is 0 Å². The Morgan fingerprint density at radius 2 is 2.24 bits per heavy atom. The molecule has 0 bridgehead atoms. The van der Waals surface area contributed by atoms with Crippen LogP contribution in [0, 0.1) is 6.92 Å². The average molecular weight is 310 g/mol. The van der Waals surface area contributed by atoms with Gasteiger partial charge in [0, 0.05) is 24.0 Å². The van der Waals surface area contributed by atoms with Crippen LogP contribution >= 0.6 is 11.3 Å². The zero-order valence-electron chi connectivity index (χ0n) is 12.7. The molecule has 116 valence electrons. The molecule has 1 saturated heterocycles. The number of nitrogens with zero attached hydrogens (tertiary/aromatic N) is 1. The Morgan fingerprint density at radius 3 is 2.76 bits per heavy atom. The number of hydrogen-bond acceptors (Lipinski definition) is 5. The maximum atomic E-state index is 12.7. The fourth-order valence-electron chi connectivity index (χ4n) is 2.89. The second-order valence-corrected chi connectivity index (χ2v) is 7.17. The Bertz CT molecular complexity index is 527. The Hall–Kier alpha value is -0.950. The number of rotatable bonds is 6. The number of methoxy groups -OCH3 is 2. The van der Waals surface area contributed by atoms with Crippen LogP contribution in [0.1, 0.15) is 28.8 Å². The lowest BCUT2D eigenvalue weighted by atomic mass is 10.2. The fourth-order valence-corrected chi connectivity index (χ4v) is 3.83. The van der Waals surface area contributed by atoms with Gasteiger partial charge in [0.1, 0.15) is 11.7 Å². The van der Waals surface area contributed by atoms with Gasteiger partial charge in [0.2, 0.25) is 5.91 Å². The topological polar surface area (TPSA) is 50.8 Å². The molecule has 1 amide bonds. The molecule has 5 nitrogen and oxygen atoms in total. The second-order valence-electron chi connectivity index (χ2n) is 5.85. The van der Waals surface area contributed by atoms with Crippen molar-refractivity contribution >= 4 is 17.2 Å². The zero-order valence-corrected chi connectivity index (χ0v) is 13.5. The van der Waals surface area contributed by atoms with Crippen molar-refractivity contribution in [2.75, 3.05) is 27.4 Å². The molecule has 1 spiro atoms. The molecule has 2 fully saturated rings. The molecule has 0 aromatic carbocycles. The summed E-state index contributed by atoms with van der Waals surface area (Å²) in [4.78, 5) is 17.1. The standard InChI is InChI=1S/C15H22N2O3S/c1-10-4-5-12(21-10)13-16-15(6-7-15)14(18)17(13)8-11(20-3)9-19-2/h4-5,11,13,16H,6-9H2,1-3H3. The molecule has 0 radical (unpaired) electrons. The van der Waals surface area contributed by atoms with Crippen LogP contribution in [0.15, 0.2) is 12.1 Å². The van der Waals surface area contributed by atoms with E-state index in [1.54, 1.807) is 25.6 Å². The molecule has 2 atom stereocenters. The van der Waals surface area contributed by atoms with Gasteiger partial charge in [-0.1, -0.05) is 0 Å². The molecule has 1 N–H and O–H groups in total. The first kappa shape index (κ1) is 15.0. The first-order valence-electron chi connectivity index (χ1n) is 7.26. The lowest BCUT2D eigenvalue weighted by Gasteiger charge is -2.27. The highest BCUT2D eigenvalue weighted by Gasteiger charge is 2.59. The summed E-state index contributed by atoms with van der Waals surface area (Å²) >= 11 is 1.74. The normalized spacial score (nSPS) is 24.8. The first-order valence-corrected chi connectivity index (χ1v) is 8.08. The lowest BCUT2D eigenvalue weighted by Crippen LogP contribution is -2.40. The number of aryl methyl sites for hydroxylation is 1. The summed E-state index contributed by atoms with van der Waals surface area (Å²) in [6.07, 6.45) is 1.74. The van der Waals surface area contributed by atoms with E-state index in [1.165, 1.54) is 9.75 Å².